The molecule has 3 heteroatoms. The maximum absolute atomic E-state index is 9.31. The molecule has 0 amide bonds. The Balaban J connectivity index is 1.42. The third kappa shape index (κ3) is 1.98. The first kappa shape index (κ1) is 17.7. The highest BCUT2D eigenvalue weighted by molar-refractivity contribution is 5.96. The molecule has 1 heterocycles. The van der Waals surface area contributed by atoms with Gasteiger partial charge in [0.1, 0.15) is 0 Å². The molecule has 0 aromatic heterocycles. The molecule has 3 nitrogen and oxygen atoms in total. The zero-order valence-corrected chi connectivity index (χ0v) is 17.4. The molecule has 4 fully saturated rings. The van der Waals surface area contributed by atoms with Crippen LogP contribution in [-0.2, 0) is 4.74 Å². The van der Waals surface area contributed by atoms with Gasteiger partial charge in [0, 0.05) is 5.41 Å². The van der Waals surface area contributed by atoms with Crippen LogP contribution in [0, 0.1) is 46.8 Å². The Hall–Kier alpha value is -1.09. The smallest absolute Gasteiger partial charge is 0.0957 e. The molecule has 6 aliphatic rings. The molecule has 6 rings (SSSR count). The number of hydrogen-bond acceptors (Lipinski definition) is 3. The summed E-state index contributed by atoms with van der Waals surface area (Å²) in [7, 11) is 0. The van der Waals surface area contributed by atoms with Crippen LogP contribution in [-0.4, -0.2) is 23.1 Å². The molecule has 5 aliphatic carbocycles. The van der Waals surface area contributed by atoms with Gasteiger partial charge < -0.3 is 9.94 Å². The summed E-state index contributed by atoms with van der Waals surface area (Å²) in [5.74, 6) is 5.82. The van der Waals surface area contributed by atoms with E-state index >= 15 is 0 Å². The summed E-state index contributed by atoms with van der Waals surface area (Å²) in [6, 6.07) is 0. The van der Waals surface area contributed by atoms with Crippen LogP contribution in [0.1, 0.15) is 65.2 Å². The number of allylic oxidation sites excluding steroid dienone is 2. The summed E-state index contributed by atoms with van der Waals surface area (Å²) in [6.45, 7) is 5.70. The van der Waals surface area contributed by atoms with Gasteiger partial charge in [-0.25, -0.2) is 0 Å². The molecule has 0 saturated heterocycles. The van der Waals surface area contributed by atoms with E-state index in [0.29, 0.717) is 5.41 Å². The van der Waals surface area contributed by atoms with Crippen molar-refractivity contribution >= 4 is 5.71 Å². The van der Waals surface area contributed by atoms with E-state index < -0.39 is 0 Å². The van der Waals surface area contributed by atoms with Crippen molar-refractivity contribution in [2.45, 2.75) is 70.8 Å². The molecule has 28 heavy (non-hydrogen) atoms. The Morgan fingerprint density at radius 1 is 1.25 bits per heavy atom. The molecule has 1 N–H and O–H groups in total. The maximum atomic E-state index is 9.31. The third-order valence-electron chi connectivity index (χ3n) is 10.3. The van der Waals surface area contributed by atoms with E-state index in [0.717, 1.165) is 60.2 Å². The summed E-state index contributed by atoms with van der Waals surface area (Å²) in [6.07, 6.45) is 17.2. The van der Waals surface area contributed by atoms with Crippen molar-refractivity contribution in [1.29, 1.82) is 0 Å². The topological polar surface area (TPSA) is 41.8 Å². The fourth-order valence-electron chi connectivity index (χ4n) is 9.36. The number of rotatable bonds is 2. The lowest BCUT2D eigenvalue weighted by molar-refractivity contribution is -0.151. The Morgan fingerprint density at radius 2 is 2.14 bits per heavy atom. The molecule has 0 radical (unpaired) electrons. The molecule has 1 aliphatic heterocycles. The summed E-state index contributed by atoms with van der Waals surface area (Å²) < 4.78 is 6.64. The zero-order chi connectivity index (χ0) is 19.1. The van der Waals surface area contributed by atoms with Crippen LogP contribution in [0.25, 0.3) is 0 Å². The molecule has 152 valence electrons. The fraction of sp³-hybridized carbons (Fsp3) is 0.800. The predicted octanol–water partition coefficient (Wildman–Crippen LogP) is 5.60. The van der Waals surface area contributed by atoms with Crippen molar-refractivity contribution in [2.75, 3.05) is 6.61 Å². The van der Waals surface area contributed by atoms with Crippen molar-refractivity contribution in [3.05, 3.63) is 23.8 Å². The van der Waals surface area contributed by atoms with Crippen molar-refractivity contribution in [3.8, 4) is 0 Å². The van der Waals surface area contributed by atoms with Crippen LogP contribution in [0.5, 0.6) is 0 Å². The highest BCUT2D eigenvalue weighted by atomic mass is 16.5. The Kier molecular flexibility index (Phi) is 3.78. The van der Waals surface area contributed by atoms with Crippen LogP contribution in [0.3, 0.4) is 0 Å². The van der Waals surface area contributed by atoms with Crippen LogP contribution >= 0.6 is 0 Å². The average molecular weight is 382 g/mol. The Bertz CT molecular complexity index is 769. The number of oxime groups is 1. The minimum absolute atomic E-state index is 0.0692. The van der Waals surface area contributed by atoms with Gasteiger partial charge in [-0.1, -0.05) is 43.1 Å². The molecule has 1 spiro atoms. The minimum Gasteiger partial charge on any atom is -0.411 e. The van der Waals surface area contributed by atoms with Gasteiger partial charge in [-0.2, -0.15) is 0 Å². The van der Waals surface area contributed by atoms with E-state index in [1.807, 2.05) is 0 Å². The van der Waals surface area contributed by atoms with Gasteiger partial charge in [0.15, 0.2) is 0 Å². The average Bonchev–Trinajstić information content (AvgIpc) is 3.31. The van der Waals surface area contributed by atoms with Gasteiger partial charge in [-0.05, 0) is 92.4 Å². The molecule has 9 atom stereocenters. The summed E-state index contributed by atoms with van der Waals surface area (Å²) in [5.41, 5.74) is 2.97. The first-order valence-corrected chi connectivity index (χ1v) is 11.9. The van der Waals surface area contributed by atoms with Gasteiger partial charge in [0.2, 0.25) is 0 Å². The van der Waals surface area contributed by atoms with E-state index in [9.17, 15) is 5.21 Å². The van der Waals surface area contributed by atoms with E-state index in [2.05, 4.69) is 37.2 Å². The van der Waals surface area contributed by atoms with E-state index in [1.165, 1.54) is 44.9 Å². The van der Waals surface area contributed by atoms with Gasteiger partial charge in [0.05, 0.1) is 17.9 Å². The van der Waals surface area contributed by atoms with Crippen LogP contribution < -0.4 is 0 Å². The second-order valence-electron chi connectivity index (χ2n) is 10.7. The van der Waals surface area contributed by atoms with E-state index in [4.69, 9.17) is 4.74 Å². The second-order valence-corrected chi connectivity index (χ2v) is 10.7. The van der Waals surface area contributed by atoms with E-state index in [1.54, 1.807) is 5.57 Å². The predicted molar refractivity (Wildman–Crippen MR) is 110 cm³/mol. The van der Waals surface area contributed by atoms with E-state index in [-0.39, 0.29) is 5.60 Å². The largest absolute Gasteiger partial charge is 0.411 e. The van der Waals surface area contributed by atoms with Crippen molar-refractivity contribution in [3.63, 3.8) is 0 Å². The van der Waals surface area contributed by atoms with Crippen molar-refractivity contribution in [2.24, 2.45) is 52.0 Å². The van der Waals surface area contributed by atoms with Crippen LogP contribution in [0.2, 0.25) is 0 Å². The van der Waals surface area contributed by atoms with Gasteiger partial charge >= 0.3 is 0 Å². The molecular weight excluding hydrogens is 346 g/mol. The minimum atomic E-state index is 0.0692. The number of ether oxygens (including phenoxy) is 1. The van der Waals surface area contributed by atoms with Gasteiger partial charge in [-0.15, -0.1) is 0 Å². The lowest BCUT2D eigenvalue weighted by Crippen LogP contribution is -2.57. The maximum Gasteiger partial charge on any atom is 0.0957 e. The van der Waals surface area contributed by atoms with Crippen molar-refractivity contribution in [1.82, 2.24) is 0 Å². The van der Waals surface area contributed by atoms with Gasteiger partial charge in [0.25, 0.3) is 0 Å². The van der Waals surface area contributed by atoms with Crippen molar-refractivity contribution < 1.29 is 9.94 Å². The van der Waals surface area contributed by atoms with Gasteiger partial charge in [-0.3, -0.25) is 0 Å². The highest BCUT2D eigenvalue weighted by Gasteiger charge is 2.77. The second kappa shape index (κ2) is 5.97. The normalized spacial score (nSPS) is 54.9. The summed E-state index contributed by atoms with van der Waals surface area (Å²) >= 11 is 0. The molecule has 0 aromatic rings. The molecular formula is C25H35NO2. The zero-order valence-electron chi connectivity index (χ0n) is 17.4. The highest BCUT2D eigenvalue weighted by Crippen LogP contribution is 2.79. The van der Waals surface area contributed by atoms with Crippen LogP contribution in [0.4, 0.5) is 0 Å². The van der Waals surface area contributed by atoms with Crippen LogP contribution in [0.15, 0.2) is 29.0 Å². The quantitative estimate of drug-likeness (QED) is 0.384. The number of fused-ring (bicyclic) bond motifs is 9. The number of hydrogen-bond donors (Lipinski definition) is 1. The lowest BCUT2D eigenvalue weighted by atomic mass is 9.45. The summed E-state index contributed by atoms with van der Waals surface area (Å²) in [4.78, 5) is 0. The summed E-state index contributed by atoms with van der Waals surface area (Å²) in [5, 5.41) is 12.9. The number of nitrogens with zero attached hydrogens (tertiary/aromatic N) is 1. The SMILES string of the molecule is CC[C@H]1CC2=C/C(=N/O)CC[C@@H]2C2CC[C@@]3(CC)C(C21)[C@@H]1C[C@@H]1[C@@]31C=CCO1. The molecule has 0 bridgehead atoms. The molecule has 0 aromatic carbocycles. The Morgan fingerprint density at radius 3 is 2.86 bits per heavy atom. The fourth-order valence-corrected chi connectivity index (χ4v) is 9.36. The lowest BCUT2D eigenvalue weighted by Gasteiger charge is -2.60. The molecule has 4 saturated carbocycles. The molecule has 3 unspecified atom stereocenters. The first-order valence-electron chi connectivity index (χ1n) is 11.9. The first-order chi connectivity index (χ1) is 13.7. The Labute approximate surface area is 169 Å². The monoisotopic (exact) mass is 381 g/mol. The standard InChI is InChI=1S/C25H35NO2/c1-3-15-12-16-13-17(26-27)6-7-18(16)19-8-10-24(4-2)23(22(15)19)20-14-21(20)25(24)9-5-11-28-25/h5,9,13,15,18-23,27H,3-4,6-8,10-12,14H2,1-2H3/b26-17+/t15-,18-,19?,20+,21-,22?,23?,24-,25-/m0/s1. The third-order valence-corrected chi connectivity index (χ3v) is 10.3.